The van der Waals surface area contributed by atoms with Crippen molar-refractivity contribution in [3.8, 4) is 0 Å². The highest BCUT2D eigenvalue weighted by Crippen LogP contribution is 2.72. The van der Waals surface area contributed by atoms with E-state index in [1.165, 1.54) is 16.7 Å². The van der Waals surface area contributed by atoms with Crippen LogP contribution in [0.3, 0.4) is 0 Å². The lowest BCUT2D eigenvalue weighted by molar-refractivity contribution is 0.0489. The summed E-state index contributed by atoms with van der Waals surface area (Å²) in [5.74, 6) is 1.20. The summed E-state index contributed by atoms with van der Waals surface area (Å²) in [6.45, 7) is 0. The van der Waals surface area contributed by atoms with E-state index in [1.54, 1.807) is 0 Å². The number of hydrogen-bond acceptors (Lipinski definition) is 2. The van der Waals surface area contributed by atoms with Crippen LogP contribution in [0.1, 0.15) is 29.0 Å². The van der Waals surface area contributed by atoms with Crippen LogP contribution in [-0.2, 0) is 4.74 Å². The van der Waals surface area contributed by atoms with Crippen molar-refractivity contribution in [1.29, 1.82) is 0 Å². The molecule has 2 nitrogen and oxygen atoms in total. The Hall–Kier alpha value is -1.93. The van der Waals surface area contributed by atoms with Gasteiger partial charge >= 0.3 is 0 Å². The summed E-state index contributed by atoms with van der Waals surface area (Å²) >= 11 is 0. The molecule has 0 spiro atoms. The summed E-state index contributed by atoms with van der Waals surface area (Å²) in [4.78, 5) is 4.39. The van der Waals surface area contributed by atoms with Crippen molar-refractivity contribution < 1.29 is 4.74 Å². The minimum Gasteiger partial charge on any atom is -0.364 e. The first-order chi connectivity index (χ1) is 9.43. The lowest BCUT2D eigenvalue weighted by atomic mass is 9.92. The van der Waals surface area contributed by atoms with Crippen LogP contribution in [0.15, 0.2) is 54.2 Å². The molecule has 2 aliphatic heterocycles. The third-order valence-electron chi connectivity index (χ3n) is 4.60. The number of ether oxygens (including phenoxy) is 1. The standard InChI is InChI=1S/C17H13NO/c1-2-7-12-11(6-1)16-14-13(15(14)17(12)19-16)9-10-5-3-4-8-18-10/h1-9,14-17H/t14-,15+,16?,17?. The van der Waals surface area contributed by atoms with E-state index in [1.807, 2.05) is 18.3 Å². The zero-order valence-electron chi connectivity index (χ0n) is 10.4. The van der Waals surface area contributed by atoms with Gasteiger partial charge in [0.2, 0.25) is 0 Å². The van der Waals surface area contributed by atoms with Gasteiger partial charge in [0, 0.05) is 18.0 Å². The zero-order valence-corrected chi connectivity index (χ0v) is 10.4. The number of aromatic nitrogens is 1. The molecule has 0 N–H and O–H groups in total. The van der Waals surface area contributed by atoms with Crippen molar-refractivity contribution in [3.05, 3.63) is 71.1 Å². The predicted molar refractivity (Wildman–Crippen MR) is 72.2 cm³/mol. The normalized spacial score (nSPS) is 35.3. The summed E-state index contributed by atoms with van der Waals surface area (Å²) in [7, 11) is 0. The van der Waals surface area contributed by atoms with E-state index in [-0.39, 0.29) is 0 Å². The van der Waals surface area contributed by atoms with E-state index in [2.05, 4.69) is 41.4 Å². The van der Waals surface area contributed by atoms with Crippen molar-refractivity contribution in [2.45, 2.75) is 12.2 Å². The van der Waals surface area contributed by atoms with Gasteiger partial charge in [-0.3, -0.25) is 4.98 Å². The monoisotopic (exact) mass is 247 g/mol. The van der Waals surface area contributed by atoms with E-state index in [0.717, 1.165) is 5.69 Å². The van der Waals surface area contributed by atoms with Crippen LogP contribution in [0.5, 0.6) is 0 Å². The van der Waals surface area contributed by atoms with Crippen molar-refractivity contribution >= 4 is 6.08 Å². The molecular weight excluding hydrogens is 234 g/mol. The maximum absolute atomic E-state index is 6.11. The van der Waals surface area contributed by atoms with Crippen LogP contribution in [0, 0.1) is 11.8 Å². The van der Waals surface area contributed by atoms with Gasteiger partial charge < -0.3 is 4.74 Å². The lowest BCUT2D eigenvalue weighted by Gasteiger charge is -2.08. The van der Waals surface area contributed by atoms with Gasteiger partial charge in [-0.25, -0.2) is 0 Å². The van der Waals surface area contributed by atoms with Gasteiger partial charge in [-0.2, -0.15) is 0 Å². The number of benzene rings is 1. The maximum atomic E-state index is 6.11. The minimum atomic E-state index is 0.293. The molecule has 0 radical (unpaired) electrons. The first kappa shape index (κ1) is 9.93. The van der Waals surface area contributed by atoms with Crippen LogP contribution < -0.4 is 0 Å². The molecule has 92 valence electrons. The average molecular weight is 247 g/mol. The molecule has 3 aliphatic rings. The molecular formula is C17H13NO. The van der Waals surface area contributed by atoms with Gasteiger partial charge in [-0.05, 0) is 29.3 Å². The van der Waals surface area contributed by atoms with Crippen molar-refractivity contribution in [2.75, 3.05) is 0 Å². The minimum absolute atomic E-state index is 0.293. The van der Waals surface area contributed by atoms with Gasteiger partial charge in [0.25, 0.3) is 0 Å². The molecule has 2 unspecified atom stereocenters. The SMILES string of the molecule is C(=C1[C@@H]2C3OC(c4ccccc43)[C@H]12)c1ccccn1. The van der Waals surface area contributed by atoms with E-state index in [4.69, 9.17) is 4.74 Å². The highest BCUT2D eigenvalue weighted by atomic mass is 16.5. The smallest absolute Gasteiger partial charge is 0.0909 e. The van der Waals surface area contributed by atoms with Crippen LogP contribution in [0.4, 0.5) is 0 Å². The van der Waals surface area contributed by atoms with Crippen LogP contribution in [0.25, 0.3) is 6.08 Å². The largest absolute Gasteiger partial charge is 0.364 e. The summed E-state index contributed by atoms with van der Waals surface area (Å²) in [6.07, 6.45) is 4.69. The van der Waals surface area contributed by atoms with Crippen LogP contribution in [-0.4, -0.2) is 4.98 Å². The summed E-state index contributed by atoms with van der Waals surface area (Å²) in [5, 5.41) is 0. The van der Waals surface area contributed by atoms with Gasteiger partial charge in [-0.1, -0.05) is 35.9 Å². The third-order valence-corrected chi connectivity index (χ3v) is 4.60. The van der Waals surface area contributed by atoms with Gasteiger partial charge in [0.05, 0.1) is 17.9 Å². The van der Waals surface area contributed by atoms with Crippen molar-refractivity contribution in [2.24, 2.45) is 11.8 Å². The highest BCUT2D eigenvalue weighted by Gasteiger charge is 2.65. The molecule has 0 amide bonds. The number of rotatable bonds is 1. The fourth-order valence-electron chi connectivity index (χ4n) is 3.77. The fourth-order valence-corrected chi connectivity index (χ4v) is 3.77. The zero-order chi connectivity index (χ0) is 12.4. The first-order valence-corrected chi connectivity index (χ1v) is 6.80. The molecule has 3 heterocycles. The Morgan fingerprint density at radius 1 is 0.895 bits per heavy atom. The molecule has 19 heavy (non-hydrogen) atoms. The van der Waals surface area contributed by atoms with Crippen LogP contribution in [0.2, 0.25) is 0 Å². The fraction of sp³-hybridized carbons (Fsp3) is 0.235. The number of pyridine rings is 1. The molecule has 2 heteroatoms. The second-order valence-electron chi connectivity index (χ2n) is 5.56. The Kier molecular flexibility index (Phi) is 1.74. The Morgan fingerprint density at radius 2 is 1.58 bits per heavy atom. The van der Waals surface area contributed by atoms with Crippen molar-refractivity contribution in [3.63, 3.8) is 0 Å². The van der Waals surface area contributed by atoms with Gasteiger partial charge in [-0.15, -0.1) is 0 Å². The topological polar surface area (TPSA) is 22.1 Å². The third kappa shape index (κ3) is 1.22. The van der Waals surface area contributed by atoms with Crippen LogP contribution >= 0.6 is 0 Å². The summed E-state index contributed by atoms with van der Waals surface area (Å²) in [6, 6.07) is 14.7. The summed E-state index contributed by atoms with van der Waals surface area (Å²) in [5.41, 5.74) is 5.39. The molecule has 2 aromatic rings. The molecule has 2 bridgehead atoms. The van der Waals surface area contributed by atoms with E-state index in [9.17, 15) is 0 Å². The molecule has 1 aromatic heterocycles. The van der Waals surface area contributed by atoms with E-state index < -0.39 is 0 Å². The molecule has 1 saturated heterocycles. The molecule has 1 aromatic carbocycles. The second-order valence-corrected chi connectivity index (χ2v) is 5.56. The Bertz CT molecular complexity index is 654. The molecule has 5 rings (SSSR count). The van der Waals surface area contributed by atoms with Gasteiger partial charge in [0.15, 0.2) is 0 Å². The molecule has 1 saturated carbocycles. The van der Waals surface area contributed by atoms with Gasteiger partial charge in [0.1, 0.15) is 0 Å². The highest BCUT2D eigenvalue weighted by molar-refractivity contribution is 5.62. The van der Waals surface area contributed by atoms with Crippen molar-refractivity contribution in [1.82, 2.24) is 4.98 Å². The average Bonchev–Trinajstić information content (AvgIpc) is 2.89. The Labute approximate surface area is 111 Å². The maximum Gasteiger partial charge on any atom is 0.0909 e. The Morgan fingerprint density at radius 3 is 2.21 bits per heavy atom. The lowest BCUT2D eigenvalue weighted by Crippen LogP contribution is -1.99. The van der Waals surface area contributed by atoms with E-state index in [0.29, 0.717) is 24.0 Å². The number of nitrogens with zero attached hydrogens (tertiary/aromatic N) is 1. The number of fused-ring (bicyclic) bond motifs is 8. The second kappa shape index (κ2) is 3.34. The predicted octanol–water partition coefficient (Wildman–Crippen LogP) is 3.54. The molecule has 1 aliphatic carbocycles. The van der Waals surface area contributed by atoms with E-state index >= 15 is 0 Å². The Balaban J connectivity index is 1.55. The summed E-state index contributed by atoms with van der Waals surface area (Å²) < 4.78 is 6.11. The molecule has 4 atom stereocenters. The first-order valence-electron chi connectivity index (χ1n) is 6.80. The quantitative estimate of drug-likeness (QED) is 0.769. The molecule has 2 fully saturated rings. The number of hydrogen-bond donors (Lipinski definition) is 0.